The molecule has 0 aliphatic heterocycles. The Balaban J connectivity index is 2.16. The van der Waals surface area contributed by atoms with Crippen molar-refractivity contribution < 1.29 is 9.47 Å². The Kier molecular flexibility index (Phi) is 8.58. The molecule has 3 nitrogen and oxygen atoms in total. The fourth-order valence-electron chi connectivity index (χ4n) is 1.78. The van der Waals surface area contributed by atoms with Crippen molar-refractivity contribution in [3.8, 4) is 0 Å². The van der Waals surface area contributed by atoms with Crippen molar-refractivity contribution in [3.63, 3.8) is 0 Å². The van der Waals surface area contributed by atoms with E-state index in [2.05, 4.69) is 57.3 Å². The molecule has 1 aromatic rings. The monoisotopic (exact) mass is 293 g/mol. The Hall–Kier alpha value is -0.900. The molecule has 0 heterocycles. The molecule has 1 N–H and O–H groups in total. The topological polar surface area (TPSA) is 30.5 Å². The highest BCUT2D eigenvalue weighted by atomic mass is 16.5. The van der Waals surface area contributed by atoms with E-state index in [1.165, 1.54) is 17.5 Å². The highest BCUT2D eigenvalue weighted by Gasteiger charge is 2.07. The van der Waals surface area contributed by atoms with Crippen LogP contribution in [0, 0.1) is 0 Å². The first-order chi connectivity index (χ1) is 10.0. The number of ether oxygens (including phenoxy) is 2. The number of hydrogen-bond donors (Lipinski definition) is 1. The summed E-state index contributed by atoms with van der Waals surface area (Å²) < 4.78 is 11.1. The highest BCUT2D eigenvalue weighted by molar-refractivity contribution is 5.22. The lowest BCUT2D eigenvalue weighted by Crippen LogP contribution is -2.35. The van der Waals surface area contributed by atoms with Crippen LogP contribution in [0.4, 0.5) is 0 Å². The zero-order chi connectivity index (χ0) is 15.6. The van der Waals surface area contributed by atoms with Gasteiger partial charge in [-0.05, 0) is 38.3 Å². The molecule has 0 saturated heterocycles. The SMILES string of the molecule is CCCCOCCOCc1ccc(CNC(C)(C)C)cc1. The first-order valence-corrected chi connectivity index (χ1v) is 7.99. The van der Waals surface area contributed by atoms with E-state index in [0.29, 0.717) is 19.8 Å². The van der Waals surface area contributed by atoms with Crippen LogP contribution in [0.1, 0.15) is 51.7 Å². The van der Waals surface area contributed by atoms with Gasteiger partial charge < -0.3 is 14.8 Å². The van der Waals surface area contributed by atoms with Crippen LogP contribution in [-0.4, -0.2) is 25.4 Å². The van der Waals surface area contributed by atoms with Gasteiger partial charge in [-0.25, -0.2) is 0 Å². The molecule has 0 unspecified atom stereocenters. The van der Waals surface area contributed by atoms with Crippen molar-refractivity contribution in [1.82, 2.24) is 5.32 Å². The number of unbranched alkanes of at least 4 members (excludes halogenated alkanes) is 1. The maximum atomic E-state index is 5.61. The molecule has 0 radical (unpaired) electrons. The quantitative estimate of drug-likeness (QED) is 0.664. The van der Waals surface area contributed by atoms with Crippen LogP contribution in [0.15, 0.2) is 24.3 Å². The average Bonchev–Trinajstić information content (AvgIpc) is 2.44. The predicted octanol–water partition coefficient (Wildman–Crippen LogP) is 3.91. The van der Waals surface area contributed by atoms with Crippen molar-refractivity contribution in [2.45, 2.75) is 59.2 Å². The van der Waals surface area contributed by atoms with Gasteiger partial charge >= 0.3 is 0 Å². The molecular formula is C18H31NO2. The Labute approximate surface area is 130 Å². The van der Waals surface area contributed by atoms with Crippen molar-refractivity contribution >= 4 is 0 Å². The zero-order valence-electron chi connectivity index (χ0n) is 14.1. The summed E-state index contributed by atoms with van der Waals surface area (Å²) in [7, 11) is 0. The third-order valence-corrected chi connectivity index (χ3v) is 3.13. The third kappa shape index (κ3) is 9.62. The number of rotatable bonds is 10. The molecule has 0 spiro atoms. The second kappa shape index (κ2) is 9.93. The van der Waals surface area contributed by atoms with Gasteiger partial charge in [0.15, 0.2) is 0 Å². The summed E-state index contributed by atoms with van der Waals surface area (Å²) >= 11 is 0. The summed E-state index contributed by atoms with van der Waals surface area (Å²) in [6.07, 6.45) is 2.31. The lowest BCUT2D eigenvalue weighted by Gasteiger charge is -2.20. The van der Waals surface area contributed by atoms with Crippen LogP contribution in [0.3, 0.4) is 0 Å². The van der Waals surface area contributed by atoms with Crippen LogP contribution < -0.4 is 5.32 Å². The summed E-state index contributed by atoms with van der Waals surface area (Å²) in [6.45, 7) is 12.5. The summed E-state index contributed by atoms with van der Waals surface area (Å²) in [5.41, 5.74) is 2.67. The van der Waals surface area contributed by atoms with E-state index in [1.807, 2.05) is 0 Å². The van der Waals surface area contributed by atoms with Gasteiger partial charge in [0.2, 0.25) is 0 Å². The number of benzene rings is 1. The van der Waals surface area contributed by atoms with E-state index < -0.39 is 0 Å². The van der Waals surface area contributed by atoms with E-state index in [-0.39, 0.29) is 5.54 Å². The van der Waals surface area contributed by atoms with Gasteiger partial charge in [0, 0.05) is 18.7 Å². The fourth-order valence-corrected chi connectivity index (χ4v) is 1.78. The lowest BCUT2D eigenvalue weighted by atomic mass is 10.1. The van der Waals surface area contributed by atoms with Crippen molar-refractivity contribution in [3.05, 3.63) is 35.4 Å². The van der Waals surface area contributed by atoms with E-state index in [1.54, 1.807) is 0 Å². The first-order valence-electron chi connectivity index (χ1n) is 7.99. The molecular weight excluding hydrogens is 262 g/mol. The molecule has 120 valence electrons. The standard InChI is InChI=1S/C18H31NO2/c1-5-6-11-20-12-13-21-15-17-9-7-16(8-10-17)14-19-18(2,3)4/h7-10,19H,5-6,11-15H2,1-4H3. The van der Waals surface area contributed by atoms with Crippen LogP contribution in [0.5, 0.6) is 0 Å². The molecule has 0 atom stereocenters. The Morgan fingerprint density at radius 1 is 0.905 bits per heavy atom. The number of hydrogen-bond acceptors (Lipinski definition) is 3. The maximum absolute atomic E-state index is 5.61. The summed E-state index contributed by atoms with van der Waals surface area (Å²) in [4.78, 5) is 0. The second-order valence-electron chi connectivity index (χ2n) is 6.44. The first kappa shape index (κ1) is 18.1. The van der Waals surface area contributed by atoms with Gasteiger partial charge in [0.1, 0.15) is 0 Å². The molecule has 1 rings (SSSR count). The van der Waals surface area contributed by atoms with Gasteiger partial charge in [0.25, 0.3) is 0 Å². The second-order valence-corrected chi connectivity index (χ2v) is 6.44. The molecule has 0 bridgehead atoms. The highest BCUT2D eigenvalue weighted by Crippen LogP contribution is 2.08. The van der Waals surface area contributed by atoms with Crippen molar-refractivity contribution in [2.75, 3.05) is 19.8 Å². The maximum Gasteiger partial charge on any atom is 0.0718 e. The molecule has 21 heavy (non-hydrogen) atoms. The Morgan fingerprint density at radius 3 is 2.14 bits per heavy atom. The molecule has 0 aromatic heterocycles. The minimum absolute atomic E-state index is 0.152. The fraction of sp³-hybridized carbons (Fsp3) is 0.667. The minimum Gasteiger partial charge on any atom is -0.379 e. The summed E-state index contributed by atoms with van der Waals surface area (Å²) in [5, 5.41) is 3.49. The molecule has 0 amide bonds. The molecule has 3 heteroatoms. The summed E-state index contributed by atoms with van der Waals surface area (Å²) in [6, 6.07) is 8.60. The van der Waals surface area contributed by atoms with E-state index in [0.717, 1.165) is 19.6 Å². The Morgan fingerprint density at radius 2 is 1.52 bits per heavy atom. The molecule has 0 aliphatic rings. The lowest BCUT2D eigenvalue weighted by molar-refractivity contribution is 0.0397. The van der Waals surface area contributed by atoms with Gasteiger partial charge in [0.05, 0.1) is 19.8 Å². The smallest absolute Gasteiger partial charge is 0.0718 e. The molecule has 0 saturated carbocycles. The van der Waals surface area contributed by atoms with E-state index in [4.69, 9.17) is 9.47 Å². The molecule has 0 aliphatic carbocycles. The van der Waals surface area contributed by atoms with Crippen molar-refractivity contribution in [1.29, 1.82) is 0 Å². The van der Waals surface area contributed by atoms with E-state index >= 15 is 0 Å². The van der Waals surface area contributed by atoms with Gasteiger partial charge in [-0.2, -0.15) is 0 Å². The van der Waals surface area contributed by atoms with Gasteiger partial charge in [-0.3, -0.25) is 0 Å². The average molecular weight is 293 g/mol. The van der Waals surface area contributed by atoms with Crippen LogP contribution >= 0.6 is 0 Å². The number of nitrogens with one attached hydrogen (secondary N) is 1. The zero-order valence-corrected chi connectivity index (χ0v) is 14.1. The van der Waals surface area contributed by atoms with E-state index in [9.17, 15) is 0 Å². The molecule has 1 aromatic carbocycles. The molecule has 0 fully saturated rings. The van der Waals surface area contributed by atoms with Gasteiger partial charge in [-0.1, -0.05) is 37.6 Å². The predicted molar refractivity (Wildman–Crippen MR) is 88.4 cm³/mol. The van der Waals surface area contributed by atoms with Crippen LogP contribution in [-0.2, 0) is 22.6 Å². The third-order valence-electron chi connectivity index (χ3n) is 3.13. The minimum atomic E-state index is 0.152. The van der Waals surface area contributed by atoms with Crippen molar-refractivity contribution in [2.24, 2.45) is 0 Å². The normalized spacial score (nSPS) is 11.8. The van der Waals surface area contributed by atoms with Crippen LogP contribution in [0.25, 0.3) is 0 Å². The Bertz CT molecular complexity index is 368. The van der Waals surface area contributed by atoms with Gasteiger partial charge in [-0.15, -0.1) is 0 Å². The van der Waals surface area contributed by atoms with Crippen LogP contribution in [0.2, 0.25) is 0 Å². The summed E-state index contributed by atoms with van der Waals surface area (Å²) in [5.74, 6) is 0. The largest absolute Gasteiger partial charge is 0.379 e.